The Kier molecular flexibility index (Phi) is 5.61. The maximum atomic E-state index is 13.3. The predicted octanol–water partition coefficient (Wildman–Crippen LogP) is 2.96. The fourth-order valence-corrected chi connectivity index (χ4v) is 9.32. The molecule has 36 heavy (non-hydrogen) atoms. The number of cyclic esters (lactones) is 1. The molecule has 3 fully saturated rings. The van der Waals surface area contributed by atoms with E-state index >= 15 is 0 Å². The summed E-state index contributed by atoms with van der Waals surface area (Å²) >= 11 is 7.03. The van der Waals surface area contributed by atoms with Crippen LogP contribution >= 0.6 is 11.6 Å². The van der Waals surface area contributed by atoms with Crippen LogP contribution in [0, 0.1) is 22.7 Å². The monoisotopic (exact) mass is 522 g/mol. The minimum absolute atomic E-state index is 0.0959. The lowest BCUT2D eigenvalue weighted by molar-refractivity contribution is -0.287. The Morgan fingerprint density at radius 3 is 2.42 bits per heavy atom. The minimum atomic E-state index is -1.84. The molecule has 7 nitrogen and oxygen atoms in total. The molecule has 5 rings (SSSR count). The van der Waals surface area contributed by atoms with Crippen molar-refractivity contribution in [1.82, 2.24) is 0 Å². The van der Waals surface area contributed by atoms with E-state index in [-0.39, 0.29) is 31.0 Å². The molecule has 10 atom stereocenters. The zero-order valence-electron chi connectivity index (χ0n) is 21.8. The van der Waals surface area contributed by atoms with Gasteiger partial charge in [-0.05, 0) is 77.2 Å². The molecule has 3 saturated carbocycles. The van der Waals surface area contributed by atoms with Crippen molar-refractivity contribution in [2.24, 2.45) is 22.7 Å². The Morgan fingerprint density at radius 2 is 1.78 bits per heavy atom. The van der Waals surface area contributed by atoms with E-state index in [1.165, 1.54) is 6.92 Å². The van der Waals surface area contributed by atoms with Gasteiger partial charge in [-0.1, -0.05) is 25.5 Å². The molecule has 4 aliphatic carbocycles. The van der Waals surface area contributed by atoms with Gasteiger partial charge in [-0.15, -0.1) is 11.6 Å². The summed E-state index contributed by atoms with van der Waals surface area (Å²) in [5.74, 6) is -1.44. The standard InChI is InChI=1S/C28H39ClO7/c1-15-13-21(36-22(32)16(15)2)25(5,33)28(35)12-11-27(34)18-14-20(31)26(29)9-6-7-19(30)24(26,4)17(18)8-10-23(27,28)3/h6-7,17-18,20-21,31,33-35H,8-14H2,1-5H3/t17-,18+,20+,21?,23-,24-,25-,26-,27+,28-/m0/s1. The molecule has 1 aliphatic heterocycles. The molecule has 0 aromatic rings. The second-order valence-electron chi connectivity index (χ2n) is 12.8. The van der Waals surface area contributed by atoms with Gasteiger partial charge in [0, 0.05) is 17.4 Å². The molecule has 0 aromatic carbocycles. The number of aliphatic hydroxyl groups excluding tert-OH is 1. The Morgan fingerprint density at radius 1 is 1.11 bits per heavy atom. The third-order valence-electron chi connectivity index (χ3n) is 11.7. The van der Waals surface area contributed by atoms with Crippen molar-refractivity contribution in [2.75, 3.05) is 0 Å². The number of esters is 1. The van der Waals surface area contributed by atoms with Gasteiger partial charge in [-0.3, -0.25) is 4.79 Å². The fourth-order valence-electron chi connectivity index (χ4n) is 8.91. The number of alkyl halides is 1. The van der Waals surface area contributed by atoms with Crippen molar-refractivity contribution in [3.05, 3.63) is 23.3 Å². The van der Waals surface area contributed by atoms with Crippen LogP contribution in [0.1, 0.15) is 79.6 Å². The van der Waals surface area contributed by atoms with Gasteiger partial charge in [0.1, 0.15) is 17.3 Å². The van der Waals surface area contributed by atoms with Crippen molar-refractivity contribution < 1.29 is 34.8 Å². The molecule has 0 spiro atoms. The molecule has 1 unspecified atom stereocenters. The molecule has 0 amide bonds. The summed E-state index contributed by atoms with van der Waals surface area (Å²) in [6.45, 7) is 8.61. The number of carbonyl (C=O) groups excluding carboxylic acids is 2. The number of ether oxygens (including phenoxy) is 1. The van der Waals surface area contributed by atoms with Crippen LogP contribution in [0.2, 0.25) is 0 Å². The van der Waals surface area contributed by atoms with Gasteiger partial charge in [0.05, 0.1) is 22.0 Å². The summed E-state index contributed by atoms with van der Waals surface area (Å²) in [7, 11) is 0. The third kappa shape index (κ3) is 2.79. The molecule has 8 heteroatoms. The van der Waals surface area contributed by atoms with E-state index in [0.717, 1.165) is 5.57 Å². The second-order valence-corrected chi connectivity index (χ2v) is 13.5. The van der Waals surface area contributed by atoms with Gasteiger partial charge in [-0.2, -0.15) is 0 Å². The Bertz CT molecular complexity index is 1080. The summed E-state index contributed by atoms with van der Waals surface area (Å²) < 4.78 is 5.61. The third-order valence-corrected chi connectivity index (χ3v) is 12.5. The Hall–Kier alpha value is -1.25. The van der Waals surface area contributed by atoms with Crippen molar-refractivity contribution in [1.29, 1.82) is 0 Å². The molecule has 0 radical (unpaired) electrons. The quantitative estimate of drug-likeness (QED) is 0.324. The molecule has 0 bridgehead atoms. The van der Waals surface area contributed by atoms with E-state index in [0.29, 0.717) is 31.3 Å². The number of rotatable bonds is 2. The molecule has 200 valence electrons. The van der Waals surface area contributed by atoms with Crippen molar-refractivity contribution >= 4 is 23.4 Å². The van der Waals surface area contributed by atoms with E-state index in [2.05, 4.69) is 0 Å². The highest BCUT2D eigenvalue weighted by Gasteiger charge is 2.78. The van der Waals surface area contributed by atoms with Crippen LogP contribution in [0.4, 0.5) is 0 Å². The van der Waals surface area contributed by atoms with Gasteiger partial charge in [0.15, 0.2) is 5.78 Å². The van der Waals surface area contributed by atoms with Gasteiger partial charge in [0.2, 0.25) is 0 Å². The van der Waals surface area contributed by atoms with Crippen LogP contribution in [0.25, 0.3) is 0 Å². The van der Waals surface area contributed by atoms with Gasteiger partial charge in [-0.25, -0.2) is 4.79 Å². The zero-order valence-corrected chi connectivity index (χ0v) is 22.6. The fraction of sp³-hybridized carbons (Fsp3) is 0.786. The highest BCUT2D eigenvalue weighted by atomic mass is 35.5. The number of aliphatic hydroxyl groups is 4. The first-order chi connectivity index (χ1) is 16.5. The number of hydrogen-bond donors (Lipinski definition) is 4. The lowest BCUT2D eigenvalue weighted by atomic mass is 9.42. The molecule has 4 N–H and O–H groups in total. The second kappa shape index (κ2) is 7.66. The van der Waals surface area contributed by atoms with E-state index in [1.807, 2.05) is 13.8 Å². The number of fused-ring (bicyclic) bond motifs is 5. The van der Waals surface area contributed by atoms with Crippen LogP contribution < -0.4 is 0 Å². The highest BCUT2D eigenvalue weighted by Crippen LogP contribution is 2.72. The maximum Gasteiger partial charge on any atom is 0.334 e. The maximum absolute atomic E-state index is 13.3. The van der Waals surface area contributed by atoms with E-state index in [9.17, 15) is 30.0 Å². The smallest absolute Gasteiger partial charge is 0.334 e. The Labute approximate surface area is 217 Å². The van der Waals surface area contributed by atoms with Crippen LogP contribution in [-0.2, 0) is 14.3 Å². The van der Waals surface area contributed by atoms with Crippen LogP contribution in [0.3, 0.4) is 0 Å². The van der Waals surface area contributed by atoms with Crippen molar-refractivity contribution in [3.63, 3.8) is 0 Å². The van der Waals surface area contributed by atoms with Gasteiger partial charge in [0.25, 0.3) is 0 Å². The zero-order chi connectivity index (χ0) is 26.7. The van der Waals surface area contributed by atoms with E-state index < -0.39 is 56.6 Å². The van der Waals surface area contributed by atoms with Crippen molar-refractivity contribution in [3.8, 4) is 0 Å². The Balaban J connectivity index is 1.55. The lowest BCUT2D eigenvalue weighted by Crippen LogP contribution is -2.75. The first kappa shape index (κ1) is 26.4. The largest absolute Gasteiger partial charge is 0.455 e. The number of ketones is 1. The summed E-state index contributed by atoms with van der Waals surface area (Å²) in [5, 5.41) is 47.9. The summed E-state index contributed by atoms with van der Waals surface area (Å²) in [6.07, 6.45) is 3.27. The number of carbonyl (C=O) groups is 2. The normalized spacial score (nSPS) is 52.3. The van der Waals surface area contributed by atoms with Crippen molar-refractivity contribution in [2.45, 2.75) is 113 Å². The van der Waals surface area contributed by atoms with E-state index in [1.54, 1.807) is 26.0 Å². The molecule has 0 saturated heterocycles. The molecule has 5 aliphatic rings. The van der Waals surface area contributed by atoms with Crippen LogP contribution in [0.5, 0.6) is 0 Å². The number of halogens is 1. The van der Waals surface area contributed by atoms with Crippen LogP contribution in [-0.4, -0.2) is 66.1 Å². The minimum Gasteiger partial charge on any atom is -0.455 e. The number of allylic oxidation sites excluding steroid dienone is 2. The first-order valence-electron chi connectivity index (χ1n) is 13.1. The average molecular weight is 523 g/mol. The lowest BCUT2D eigenvalue weighted by Gasteiger charge is -2.66. The van der Waals surface area contributed by atoms with Gasteiger partial charge < -0.3 is 25.2 Å². The summed E-state index contributed by atoms with van der Waals surface area (Å²) in [6, 6.07) is 0. The number of hydrogen-bond acceptors (Lipinski definition) is 7. The molecule has 0 aromatic heterocycles. The summed E-state index contributed by atoms with van der Waals surface area (Å²) in [5.41, 5.74) is -6.00. The predicted molar refractivity (Wildman–Crippen MR) is 133 cm³/mol. The molecular formula is C28H39ClO7. The van der Waals surface area contributed by atoms with Gasteiger partial charge >= 0.3 is 5.97 Å². The average Bonchev–Trinajstić information content (AvgIpc) is 3.03. The topological polar surface area (TPSA) is 124 Å². The summed E-state index contributed by atoms with van der Waals surface area (Å²) in [4.78, 5) is 24.6. The molecular weight excluding hydrogens is 484 g/mol. The first-order valence-corrected chi connectivity index (χ1v) is 13.5. The van der Waals surface area contributed by atoms with Crippen LogP contribution in [0.15, 0.2) is 23.3 Å². The SMILES string of the molecule is CC1=C(C)C(=O)OC([C@](C)(O)[C@]2(O)CC[C@@]3(O)[C@@H]4C[C@@H](O)[C@@]5(Cl)CC=CC(=O)[C@]5(C)[C@H]4CC[C@]23C)C1. The van der Waals surface area contributed by atoms with E-state index in [4.69, 9.17) is 16.3 Å². The molecule has 1 heterocycles. The highest BCUT2D eigenvalue weighted by molar-refractivity contribution is 6.28.